The van der Waals surface area contributed by atoms with Crippen LogP contribution < -0.4 is 26.0 Å². The number of alkyl halides is 2. The Morgan fingerprint density at radius 1 is 1.10 bits per heavy atom. The molecule has 2 amide bonds. The van der Waals surface area contributed by atoms with Gasteiger partial charge in [-0.15, -0.1) is 23.2 Å². The van der Waals surface area contributed by atoms with Gasteiger partial charge in [-0.3, -0.25) is 15.0 Å². The minimum atomic E-state index is -0.293. The molecule has 0 bridgehead atoms. The van der Waals surface area contributed by atoms with E-state index in [4.69, 9.17) is 39.1 Å². The van der Waals surface area contributed by atoms with E-state index in [0.29, 0.717) is 64.3 Å². The van der Waals surface area contributed by atoms with E-state index < -0.39 is 0 Å². The zero-order valence-electron chi connectivity index (χ0n) is 22.8. The maximum absolute atomic E-state index is 13.1. The van der Waals surface area contributed by atoms with Crippen molar-refractivity contribution in [2.45, 2.75) is 6.42 Å². The first-order valence-electron chi connectivity index (χ1n) is 12.9. The van der Waals surface area contributed by atoms with Gasteiger partial charge in [-0.1, -0.05) is 0 Å². The molecule has 0 aliphatic heterocycles. The third-order valence-electron chi connectivity index (χ3n) is 6.42. The number of halogens is 2. The molecule has 4 rings (SSSR count). The largest absolute Gasteiger partial charge is 0.495 e. The summed E-state index contributed by atoms with van der Waals surface area (Å²) in [6.07, 6.45) is 2.08. The first kappa shape index (κ1) is 29.8. The van der Waals surface area contributed by atoms with Crippen molar-refractivity contribution in [3.63, 3.8) is 0 Å². The van der Waals surface area contributed by atoms with Crippen molar-refractivity contribution < 1.29 is 14.3 Å². The first-order chi connectivity index (χ1) is 19.7. The molecule has 216 valence electrons. The number of hydrogen-bond acceptors (Lipinski definition) is 6. The summed E-state index contributed by atoms with van der Waals surface area (Å²) in [6, 6.07) is 12.3. The Kier molecular flexibility index (Phi) is 9.74. The zero-order valence-corrected chi connectivity index (χ0v) is 24.3. The number of H-pyrrole nitrogens is 1. The predicted molar refractivity (Wildman–Crippen MR) is 164 cm³/mol. The molecule has 13 heteroatoms. The quantitative estimate of drug-likeness (QED) is 0.0883. The second-order valence-electron chi connectivity index (χ2n) is 9.28. The minimum Gasteiger partial charge on any atom is -0.495 e. The fourth-order valence-corrected chi connectivity index (χ4v) is 4.80. The lowest BCUT2D eigenvalue weighted by atomic mass is 10.1. The lowest BCUT2D eigenvalue weighted by Crippen LogP contribution is -2.28. The second-order valence-corrected chi connectivity index (χ2v) is 10.0. The fourth-order valence-electron chi connectivity index (χ4n) is 4.39. The molecule has 2 heterocycles. The summed E-state index contributed by atoms with van der Waals surface area (Å²) in [5.74, 6) is 1.47. The number of benzene rings is 2. The Bertz CT molecular complexity index is 1560. The monoisotopic (exact) mass is 598 g/mol. The van der Waals surface area contributed by atoms with Gasteiger partial charge in [-0.25, -0.2) is 4.98 Å². The highest BCUT2D eigenvalue weighted by Gasteiger charge is 2.17. The van der Waals surface area contributed by atoms with Gasteiger partial charge in [0.1, 0.15) is 5.75 Å². The van der Waals surface area contributed by atoms with Gasteiger partial charge in [0.2, 0.25) is 0 Å². The normalized spacial score (nSPS) is 10.9. The number of nitrogens with two attached hydrogens (primary N) is 1. The number of carbonyl (C=O) groups excluding carboxylic acids is 2. The lowest BCUT2D eigenvalue weighted by molar-refractivity contribution is 0.0954. The average Bonchev–Trinajstić information content (AvgIpc) is 3.54. The number of nitrogens with zero attached hydrogens (tertiary/aromatic N) is 3. The van der Waals surface area contributed by atoms with E-state index in [1.165, 1.54) is 0 Å². The summed E-state index contributed by atoms with van der Waals surface area (Å²) in [5, 5.41) is 13.0. The molecule has 11 nitrogen and oxygen atoms in total. The third kappa shape index (κ3) is 7.11. The molecule has 0 aliphatic rings. The van der Waals surface area contributed by atoms with Crippen molar-refractivity contribution in [3.05, 3.63) is 59.8 Å². The smallest absolute Gasteiger partial charge is 0.255 e. The van der Waals surface area contributed by atoms with Crippen LogP contribution in [0, 0.1) is 5.41 Å². The Labute approximate surface area is 247 Å². The van der Waals surface area contributed by atoms with Gasteiger partial charge >= 0.3 is 0 Å². The lowest BCUT2D eigenvalue weighted by Gasteiger charge is -2.25. The number of aryl methyl sites for hydroxylation is 1. The van der Waals surface area contributed by atoms with Crippen LogP contribution in [0.5, 0.6) is 5.75 Å². The van der Waals surface area contributed by atoms with Gasteiger partial charge in [-0.2, -0.15) is 0 Å². The number of amides is 2. The SMILES string of the molecule is COc1cc(C(=O)Nc2cc(-c3nc4ccc(C(=O)NCCC(=N)N)cc4[nH]3)n(C)c2)ccc1N(CCCl)CCCl. The van der Waals surface area contributed by atoms with Gasteiger partial charge in [0.25, 0.3) is 11.8 Å². The summed E-state index contributed by atoms with van der Waals surface area (Å²) in [4.78, 5) is 35.5. The van der Waals surface area contributed by atoms with E-state index in [2.05, 4.69) is 20.6 Å². The fraction of sp³-hybridized carbons (Fsp3) is 0.286. The van der Waals surface area contributed by atoms with E-state index in [1.807, 2.05) is 28.6 Å². The van der Waals surface area contributed by atoms with Crippen LogP contribution >= 0.6 is 23.2 Å². The average molecular weight is 600 g/mol. The van der Waals surface area contributed by atoms with E-state index in [0.717, 1.165) is 11.4 Å². The van der Waals surface area contributed by atoms with Crippen LogP contribution in [0.1, 0.15) is 27.1 Å². The molecule has 0 saturated heterocycles. The second kappa shape index (κ2) is 13.4. The molecule has 6 N–H and O–H groups in total. The molecule has 0 radical (unpaired) electrons. The summed E-state index contributed by atoms with van der Waals surface area (Å²) >= 11 is 11.9. The van der Waals surface area contributed by atoms with Gasteiger partial charge in [-0.05, 0) is 42.5 Å². The van der Waals surface area contributed by atoms with Gasteiger partial charge < -0.3 is 35.6 Å². The van der Waals surface area contributed by atoms with Crippen molar-refractivity contribution in [2.75, 3.05) is 48.7 Å². The number of ether oxygens (including phenoxy) is 1. The minimum absolute atomic E-state index is 0.0160. The van der Waals surface area contributed by atoms with Gasteiger partial charge in [0, 0.05) is 62.2 Å². The topological polar surface area (TPSA) is 154 Å². The number of rotatable bonds is 13. The molecule has 4 aromatic rings. The van der Waals surface area contributed by atoms with Crippen LogP contribution in [0.15, 0.2) is 48.7 Å². The Hall–Kier alpha value is -4.22. The van der Waals surface area contributed by atoms with Gasteiger partial charge in [0.05, 0.1) is 41.0 Å². The number of aromatic amines is 1. The number of anilines is 2. The number of fused-ring (bicyclic) bond motifs is 1. The summed E-state index contributed by atoms with van der Waals surface area (Å²) in [7, 11) is 3.41. The number of aromatic nitrogens is 3. The highest BCUT2D eigenvalue weighted by Crippen LogP contribution is 2.30. The van der Waals surface area contributed by atoms with E-state index in [1.54, 1.807) is 43.6 Å². The maximum atomic E-state index is 13.1. The van der Waals surface area contributed by atoms with Crippen LogP contribution in [-0.2, 0) is 7.05 Å². The molecule has 0 spiro atoms. The molecular weight excluding hydrogens is 567 g/mol. The van der Waals surface area contributed by atoms with Crippen LogP contribution in [-0.4, -0.2) is 70.7 Å². The molecule has 0 unspecified atom stereocenters. The highest BCUT2D eigenvalue weighted by molar-refractivity contribution is 6.18. The van der Waals surface area contributed by atoms with E-state index >= 15 is 0 Å². The Balaban J connectivity index is 1.50. The van der Waals surface area contributed by atoms with Crippen molar-refractivity contribution in [1.29, 1.82) is 5.41 Å². The van der Waals surface area contributed by atoms with Gasteiger partial charge in [0.15, 0.2) is 5.82 Å². The Morgan fingerprint density at radius 2 is 1.80 bits per heavy atom. The molecule has 0 saturated carbocycles. The molecular formula is C28H32Cl2N8O3. The first-order valence-corrected chi connectivity index (χ1v) is 13.9. The zero-order chi connectivity index (χ0) is 29.5. The maximum Gasteiger partial charge on any atom is 0.255 e. The van der Waals surface area contributed by atoms with Crippen molar-refractivity contribution in [1.82, 2.24) is 19.9 Å². The molecule has 0 aliphatic carbocycles. The number of nitrogens with one attached hydrogen (secondary N) is 4. The van der Waals surface area contributed by atoms with Crippen LogP contribution in [0.25, 0.3) is 22.6 Å². The van der Waals surface area contributed by atoms with Crippen molar-refractivity contribution in [3.8, 4) is 17.3 Å². The van der Waals surface area contributed by atoms with Crippen molar-refractivity contribution in [2.24, 2.45) is 12.8 Å². The third-order valence-corrected chi connectivity index (χ3v) is 6.76. The predicted octanol–water partition coefficient (Wildman–Crippen LogP) is 4.17. The summed E-state index contributed by atoms with van der Waals surface area (Å²) < 4.78 is 7.41. The van der Waals surface area contributed by atoms with Crippen LogP contribution in [0.3, 0.4) is 0 Å². The highest BCUT2D eigenvalue weighted by atomic mass is 35.5. The van der Waals surface area contributed by atoms with E-state index in [9.17, 15) is 9.59 Å². The summed E-state index contributed by atoms with van der Waals surface area (Å²) in [5.41, 5.74) is 9.78. The van der Waals surface area contributed by atoms with Crippen LogP contribution in [0.4, 0.5) is 11.4 Å². The van der Waals surface area contributed by atoms with E-state index in [-0.39, 0.29) is 30.6 Å². The number of hydrogen-bond donors (Lipinski definition) is 5. The Morgan fingerprint density at radius 3 is 2.49 bits per heavy atom. The van der Waals surface area contributed by atoms with Crippen molar-refractivity contribution >= 4 is 63.3 Å². The number of amidine groups is 1. The molecule has 0 fully saturated rings. The standard InChI is InChI=1S/C28H32Cl2N8O3/c1-37-16-19(34-28(40)18-4-6-22(24(14-18)41-2)38(11-8-29)12-9-30)15-23(37)26-35-20-5-3-17(13-21(20)36-26)27(39)33-10-7-25(31)32/h3-6,13-16H,7-12H2,1-2H3,(H3,31,32)(H,33,39)(H,34,40)(H,35,36). The molecule has 2 aromatic heterocycles. The number of imidazole rings is 1. The number of methoxy groups -OCH3 is 1. The summed E-state index contributed by atoms with van der Waals surface area (Å²) in [6.45, 7) is 1.48. The van der Waals surface area contributed by atoms with Crippen LogP contribution in [0.2, 0.25) is 0 Å². The molecule has 2 aromatic carbocycles. The molecule has 0 atom stereocenters. The number of carbonyl (C=O) groups is 2. The molecule has 41 heavy (non-hydrogen) atoms.